The summed E-state index contributed by atoms with van der Waals surface area (Å²) in [6, 6.07) is 0. The third-order valence-electron chi connectivity index (χ3n) is 1.57. The molecule has 0 spiro atoms. The van der Waals surface area contributed by atoms with Gasteiger partial charge in [-0.15, -0.1) is 0 Å². The second-order valence-electron chi connectivity index (χ2n) is 2.90. The average molecular weight is 166 g/mol. The number of hydrogen-bond donors (Lipinski definition) is 1. The van der Waals surface area contributed by atoms with Crippen molar-refractivity contribution < 1.29 is 5.11 Å². The SMILES string of the molecule is C\C=C/C(C)=C\C=C(/C)CCO. The van der Waals surface area contributed by atoms with Gasteiger partial charge in [0.15, 0.2) is 0 Å². The summed E-state index contributed by atoms with van der Waals surface area (Å²) in [6.45, 7) is 6.32. The van der Waals surface area contributed by atoms with Crippen molar-refractivity contribution in [3.8, 4) is 0 Å². The van der Waals surface area contributed by atoms with Gasteiger partial charge in [-0.3, -0.25) is 0 Å². The minimum Gasteiger partial charge on any atom is -0.396 e. The Morgan fingerprint density at radius 1 is 1.25 bits per heavy atom. The Morgan fingerprint density at radius 3 is 2.42 bits per heavy atom. The van der Waals surface area contributed by atoms with Gasteiger partial charge in [-0.05, 0) is 27.2 Å². The third kappa shape index (κ3) is 5.93. The summed E-state index contributed by atoms with van der Waals surface area (Å²) in [5, 5.41) is 8.63. The molecule has 0 aliphatic heterocycles. The van der Waals surface area contributed by atoms with Gasteiger partial charge in [0.25, 0.3) is 0 Å². The van der Waals surface area contributed by atoms with E-state index >= 15 is 0 Å². The smallest absolute Gasteiger partial charge is 0.0468 e. The largest absolute Gasteiger partial charge is 0.396 e. The van der Waals surface area contributed by atoms with Crippen LogP contribution >= 0.6 is 0 Å². The highest BCUT2D eigenvalue weighted by Crippen LogP contribution is 2.01. The fraction of sp³-hybridized carbons (Fsp3) is 0.455. The maximum atomic E-state index is 8.63. The molecule has 0 unspecified atom stereocenters. The van der Waals surface area contributed by atoms with E-state index < -0.39 is 0 Å². The lowest BCUT2D eigenvalue weighted by Gasteiger charge is -1.94. The summed E-state index contributed by atoms with van der Waals surface area (Å²) in [6.07, 6.45) is 8.94. The molecule has 0 aromatic rings. The van der Waals surface area contributed by atoms with Crippen molar-refractivity contribution in [3.05, 3.63) is 35.5 Å². The van der Waals surface area contributed by atoms with E-state index in [4.69, 9.17) is 5.11 Å². The standard InChI is InChI=1S/C11H18O/c1-4-5-10(2)6-7-11(3)8-9-12/h4-7,12H,8-9H2,1-3H3/b5-4-,10-6-,11-7+. The van der Waals surface area contributed by atoms with Gasteiger partial charge in [0.05, 0.1) is 0 Å². The van der Waals surface area contributed by atoms with E-state index in [9.17, 15) is 0 Å². The molecule has 0 fully saturated rings. The van der Waals surface area contributed by atoms with Crippen molar-refractivity contribution in [1.82, 2.24) is 0 Å². The molecule has 0 heterocycles. The summed E-state index contributed by atoms with van der Waals surface area (Å²) >= 11 is 0. The Bertz CT molecular complexity index is 197. The summed E-state index contributed by atoms with van der Waals surface area (Å²) < 4.78 is 0. The number of aliphatic hydroxyl groups is 1. The van der Waals surface area contributed by atoms with Gasteiger partial charge in [-0.25, -0.2) is 0 Å². The molecule has 12 heavy (non-hydrogen) atoms. The first-order valence-corrected chi connectivity index (χ1v) is 4.28. The molecular weight excluding hydrogens is 148 g/mol. The van der Waals surface area contributed by atoms with Crippen molar-refractivity contribution in [2.45, 2.75) is 27.2 Å². The first kappa shape index (κ1) is 11.2. The fourth-order valence-electron chi connectivity index (χ4n) is 0.852. The van der Waals surface area contributed by atoms with Crippen molar-refractivity contribution >= 4 is 0 Å². The molecular formula is C11H18O. The topological polar surface area (TPSA) is 20.2 Å². The van der Waals surface area contributed by atoms with Crippen LogP contribution in [0.25, 0.3) is 0 Å². The molecule has 0 aromatic carbocycles. The van der Waals surface area contributed by atoms with E-state index in [0.29, 0.717) is 0 Å². The van der Waals surface area contributed by atoms with Crippen LogP contribution in [0.5, 0.6) is 0 Å². The van der Waals surface area contributed by atoms with Crippen LogP contribution in [0, 0.1) is 0 Å². The van der Waals surface area contributed by atoms with Gasteiger partial charge in [-0.1, -0.05) is 35.5 Å². The first-order valence-electron chi connectivity index (χ1n) is 4.28. The molecule has 0 saturated carbocycles. The van der Waals surface area contributed by atoms with Crippen LogP contribution in [0.1, 0.15) is 27.2 Å². The highest BCUT2D eigenvalue weighted by Gasteiger charge is 1.84. The number of rotatable bonds is 4. The molecule has 0 aromatic heterocycles. The van der Waals surface area contributed by atoms with E-state index in [0.717, 1.165) is 6.42 Å². The van der Waals surface area contributed by atoms with Crippen molar-refractivity contribution in [1.29, 1.82) is 0 Å². The zero-order valence-electron chi connectivity index (χ0n) is 8.17. The van der Waals surface area contributed by atoms with Gasteiger partial charge >= 0.3 is 0 Å². The van der Waals surface area contributed by atoms with Crippen LogP contribution in [0.2, 0.25) is 0 Å². The molecule has 1 nitrogen and oxygen atoms in total. The summed E-state index contributed by atoms with van der Waals surface area (Å²) in [5.74, 6) is 0. The molecule has 0 saturated heterocycles. The minimum absolute atomic E-state index is 0.235. The predicted octanol–water partition coefficient (Wildman–Crippen LogP) is 2.84. The lowest BCUT2D eigenvalue weighted by atomic mass is 10.2. The zero-order valence-corrected chi connectivity index (χ0v) is 8.17. The van der Waals surface area contributed by atoms with Crippen LogP contribution in [0.3, 0.4) is 0 Å². The molecule has 0 atom stereocenters. The lowest BCUT2D eigenvalue weighted by Crippen LogP contribution is -1.82. The molecule has 1 heteroatoms. The maximum absolute atomic E-state index is 8.63. The lowest BCUT2D eigenvalue weighted by molar-refractivity contribution is 0.299. The van der Waals surface area contributed by atoms with E-state index in [1.807, 2.05) is 26.0 Å². The van der Waals surface area contributed by atoms with Crippen LogP contribution in [-0.2, 0) is 0 Å². The van der Waals surface area contributed by atoms with Crippen molar-refractivity contribution in [2.75, 3.05) is 6.61 Å². The average Bonchev–Trinajstić information content (AvgIpc) is 2.02. The second kappa shape index (κ2) is 6.86. The van der Waals surface area contributed by atoms with Gasteiger partial charge in [0.2, 0.25) is 0 Å². The molecule has 0 bridgehead atoms. The maximum Gasteiger partial charge on any atom is 0.0468 e. The molecule has 0 radical (unpaired) electrons. The Balaban J connectivity index is 4.07. The summed E-state index contributed by atoms with van der Waals surface area (Å²) in [5.41, 5.74) is 2.44. The normalized spacial score (nSPS) is 14.3. The monoisotopic (exact) mass is 166 g/mol. The van der Waals surface area contributed by atoms with E-state index in [2.05, 4.69) is 19.1 Å². The molecule has 0 amide bonds. The number of hydrogen-bond acceptors (Lipinski definition) is 1. The van der Waals surface area contributed by atoms with E-state index in [1.165, 1.54) is 11.1 Å². The van der Waals surface area contributed by atoms with Gasteiger partial charge in [-0.2, -0.15) is 0 Å². The van der Waals surface area contributed by atoms with E-state index in [-0.39, 0.29) is 6.61 Å². The molecule has 0 aliphatic carbocycles. The van der Waals surface area contributed by atoms with Crippen molar-refractivity contribution in [3.63, 3.8) is 0 Å². The quantitative estimate of drug-likeness (QED) is 0.637. The van der Waals surface area contributed by atoms with Crippen LogP contribution in [0.15, 0.2) is 35.5 Å². The molecule has 68 valence electrons. The Morgan fingerprint density at radius 2 is 1.92 bits per heavy atom. The van der Waals surface area contributed by atoms with Gasteiger partial charge in [0, 0.05) is 6.61 Å². The molecule has 0 rings (SSSR count). The molecule has 0 aliphatic rings. The fourth-order valence-corrected chi connectivity index (χ4v) is 0.852. The number of allylic oxidation sites excluding steroid dienone is 5. The second-order valence-corrected chi connectivity index (χ2v) is 2.90. The highest BCUT2D eigenvalue weighted by atomic mass is 16.2. The zero-order chi connectivity index (χ0) is 9.40. The summed E-state index contributed by atoms with van der Waals surface area (Å²) in [4.78, 5) is 0. The third-order valence-corrected chi connectivity index (χ3v) is 1.57. The van der Waals surface area contributed by atoms with Gasteiger partial charge in [0.1, 0.15) is 0 Å². The predicted molar refractivity (Wildman–Crippen MR) is 54.0 cm³/mol. The van der Waals surface area contributed by atoms with Crippen molar-refractivity contribution in [2.24, 2.45) is 0 Å². The number of aliphatic hydroxyl groups excluding tert-OH is 1. The van der Waals surface area contributed by atoms with E-state index in [1.54, 1.807) is 0 Å². The highest BCUT2D eigenvalue weighted by molar-refractivity contribution is 5.23. The first-order chi connectivity index (χ1) is 5.70. The Kier molecular flexibility index (Phi) is 6.39. The van der Waals surface area contributed by atoms with Crippen LogP contribution in [0.4, 0.5) is 0 Å². The minimum atomic E-state index is 0.235. The van der Waals surface area contributed by atoms with Crippen LogP contribution < -0.4 is 0 Å². The Hall–Kier alpha value is -0.820. The van der Waals surface area contributed by atoms with Gasteiger partial charge < -0.3 is 5.11 Å². The summed E-state index contributed by atoms with van der Waals surface area (Å²) in [7, 11) is 0. The van der Waals surface area contributed by atoms with Crippen LogP contribution in [-0.4, -0.2) is 11.7 Å². The Labute approximate surface area is 75.1 Å². The molecule has 1 N–H and O–H groups in total.